The zero-order chi connectivity index (χ0) is 26.4. The van der Waals surface area contributed by atoms with E-state index in [0.29, 0.717) is 25.8 Å². The Kier molecular flexibility index (Phi) is 6.13. The maximum atomic E-state index is 13.0. The summed E-state index contributed by atoms with van der Waals surface area (Å²) >= 11 is 0. The number of carbonyl (C=O) groups is 4. The molecule has 9 nitrogen and oxygen atoms in total. The van der Waals surface area contributed by atoms with Crippen LogP contribution >= 0.6 is 0 Å². The molecule has 1 aliphatic heterocycles. The van der Waals surface area contributed by atoms with Crippen LogP contribution in [0.3, 0.4) is 0 Å². The standard InChI is InChI=1S/C29H29N3O6/c30-26(33)24-16-11-12-17(14-16)25(24)27(34)31-38-28(35)23-10-5-13-32(23)29(36)37-15-22-20-8-3-1-6-18(20)19-7-2-4-9-21(19)22/h1-4,6-9,11-12,16-17,22-25H,5,10,13-15H2,(H2,30,33)(H,31,34)/t16?,17?,23-,24?,25?/m1/s1. The van der Waals surface area contributed by atoms with Crippen molar-refractivity contribution in [2.45, 2.75) is 31.2 Å². The number of hydrogen-bond acceptors (Lipinski definition) is 6. The highest BCUT2D eigenvalue weighted by Gasteiger charge is 2.51. The van der Waals surface area contributed by atoms with Gasteiger partial charge in [-0.1, -0.05) is 60.7 Å². The van der Waals surface area contributed by atoms with Crippen LogP contribution in [0.25, 0.3) is 11.1 Å². The van der Waals surface area contributed by atoms with Gasteiger partial charge in [0.05, 0.1) is 11.8 Å². The molecule has 2 fully saturated rings. The summed E-state index contributed by atoms with van der Waals surface area (Å²) in [7, 11) is 0. The number of nitrogens with two attached hydrogens (primary N) is 1. The van der Waals surface area contributed by atoms with E-state index in [9.17, 15) is 19.2 Å². The van der Waals surface area contributed by atoms with E-state index in [1.807, 2.05) is 48.6 Å². The number of nitrogens with zero attached hydrogens (tertiary/aromatic N) is 1. The fourth-order valence-electron chi connectivity index (χ4n) is 6.71. The second kappa shape index (κ2) is 9.63. The highest BCUT2D eigenvalue weighted by molar-refractivity contribution is 5.90. The van der Waals surface area contributed by atoms with Crippen LogP contribution in [-0.2, 0) is 24.0 Å². The van der Waals surface area contributed by atoms with Gasteiger partial charge in [-0.3, -0.25) is 14.5 Å². The normalized spacial score (nSPS) is 26.6. The van der Waals surface area contributed by atoms with Crippen molar-refractivity contribution in [1.29, 1.82) is 0 Å². The van der Waals surface area contributed by atoms with E-state index in [0.717, 1.165) is 22.3 Å². The van der Waals surface area contributed by atoms with E-state index in [1.165, 1.54) is 4.90 Å². The quantitative estimate of drug-likeness (QED) is 0.466. The number of allylic oxidation sites excluding steroid dienone is 2. The van der Waals surface area contributed by atoms with Crippen LogP contribution in [0, 0.1) is 23.7 Å². The third-order valence-corrected chi connectivity index (χ3v) is 8.44. The Morgan fingerprint density at radius 2 is 1.55 bits per heavy atom. The first kappa shape index (κ1) is 24.2. The van der Waals surface area contributed by atoms with Gasteiger partial charge in [-0.2, -0.15) is 5.48 Å². The Morgan fingerprint density at radius 3 is 2.21 bits per heavy atom. The Balaban J connectivity index is 1.07. The van der Waals surface area contributed by atoms with E-state index in [1.54, 1.807) is 0 Å². The molecule has 0 radical (unpaired) electrons. The van der Waals surface area contributed by atoms with Crippen molar-refractivity contribution < 1.29 is 28.8 Å². The van der Waals surface area contributed by atoms with Crippen LogP contribution in [0.1, 0.15) is 36.3 Å². The summed E-state index contributed by atoms with van der Waals surface area (Å²) in [6.07, 6.45) is 4.92. The molecule has 2 aromatic rings. The van der Waals surface area contributed by atoms with Crippen LogP contribution in [0.2, 0.25) is 0 Å². The number of fused-ring (bicyclic) bond motifs is 5. The van der Waals surface area contributed by atoms with E-state index in [-0.39, 0.29) is 24.4 Å². The zero-order valence-corrected chi connectivity index (χ0v) is 20.7. The minimum atomic E-state index is -0.863. The molecule has 2 aromatic carbocycles. The molecule has 1 saturated carbocycles. The number of ether oxygens (including phenoxy) is 1. The minimum absolute atomic E-state index is 0.0668. The maximum absolute atomic E-state index is 13.0. The highest BCUT2D eigenvalue weighted by atomic mass is 16.7. The van der Waals surface area contributed by atoms with Crippen LogP contribution in [-0.4, -0.2) is 48.0 Å². The van der Waals surface area contributed by atoms with Crippen molar-refractivity contribution in [3.63, 3.8) is 0 Å². The predicted octanol–water partition coefficient (Wildman–Crippen LogP) is 2.90. The number of hydroxylamine groups is 1. The molecular weight excluding hydrogens is 486 g/mol. The largest absolute Gasteiger partial charge is 0.448 e. The molecule has 0 spiro atoms. The Labute approximate surface area is 219 Å². The molecule has 9 heteroatoms. The number of likely N-dealkylation sites (tertiary alicyclic amines) is 1. The van der Waals surface area contributed by atoms with Crippen molar-refractivity contribution in [3.05, 3.63) is 71.8 Å². The average Bonchev–Trinajstić information content (AvgIpc) is 3.72. The minimum Gasteiger partial charge on any atom is -0.448 e. The summed E-state index contributed by atoms with van der Waals surface area (Å²) < 4.78 is 5.72. The number of rotatable bonds is 5. The summed E-state index contributed by atoms with van der Waals surface area (Å²) in [5, 5.41) is 0. The molecule has 4 aliphatic rings. The Hall–Kier alpha value is -4.14. The van der Waals surface area contributed by atoms with E-state index < -0.39 is 41.8 Å². The van der Waals surface area contributed by atoms with Gasteiger partial charge < -0.3 is 15.3 Å². The van der Waals surface area contributed by atoms with Gasteiger partial charge >= 0.3 is 12.1 Å². The number of hydrogen-bond donors (Lipinski definition) is 2. The molecule has 5 atom stereocenters. The molecular formula is C29H29N3O6. The maximum Gasteiger partial charge on any atom is 0.410 e. The van der Waals surface area contributed by atoms with E-state index in [4.69, 9.17) is 15.3 Å². The lowest BCUT2D eigenvalue weighted by Gasteiger charge is -2.26. The van der Waals surface area contributed by atoms with Crippen molar-refractivity contribution in [1.82, 2.24) is 10.4 Å². The summed E-state index contributed by atoms with van der Waals surface area (Å²) in [6.45, 7) is 0.499. The fourth-order valence-corrected chi connectivity index (χ4v) is 6.71. The van der Waals surface area contributed by atoms with Crippen LogP contribution in [0.5, 0.6) is 0 Å². The fraction of sp³-hybridized carbons (Fsp3) is 0.379. The van der Waals surface area contributed by atoms with Crippen LogP contribution in [0.15, 0.2) is 60.7 Å². The molecule has 6 rings (SSSR count). The Morgan fingerprint density at radius 1 is 0.921 bits per heavy atom. The van der Waals surface area contributed by atoms with Crippen molar-refractivity contribution in [2.75, 3.05) is 13.2 Å². The molecule has 3 amide bonds. The zero-order valence-electron chi connectivity index (χ0n) is 20.7. The first-order valence-corrected chi connectivity index (χ1v) is 13.0. The predicted molar refractivity (Wildman–Crippen MR) is 136 cm³/mol. The molecule has 1 heterocycles. The third-order valence-electron chi connectivity index (χ3n) is 8.44. The highest BCUT2D eigenvalue weighted by Crippen LogP contribution is 2.48. The summed E-state index contributed by atoms with van der Waals surface area (Å²) in [5.41, 5.74) is 12.2. The Bertz CT molecular complexity index is 1290. The summed E-state index contributed by atoms with van der Waals surface area (Å²) in [6, 6.07) is 15.3. The third kappa shape index (κ3) is 4.02. The van der Waals surface area contributed by atoms with Gasteiger partial charge in [0, 0.05) is 12.5 Å². The SMILES string of the molecule is NC(=O)C1C2C=CC(C2)C1C(=O)NOC(=O)[C@H]1CCCN1C(=O)OCC1c2ccccc2-c2ccccc21. The lowest BCUT2D eigenvalue weighted by Crippen LogP contribution is -2.46. The number of carbonyl (C=O) groups excluding carboxylic acids is 4. The van der Waals surface area contributed by atoms with Crippen molar-refractivity contribution in [2.24, 2.45) is 29.4 Å². The number of primary amides is 1. The van der Waals surface area contributed by atoms with Gasteiger partial charge in [0.25, 0.3) is 5.91 Å². The van der Waals surface area contributed by atoms with Crippen molar-refractivity contribution in [3.8, 4) is 11.1 Å². The molecule has 3 N–H and O–H groups in total. The first-order chi connectivity index (χ1) is 18.4. The molecule has 2 bridgehead atoms. The van der Waals surface area contributed by atoms with Gasteiger partial charge in [-0.05, 0) is 53.4 Å². The molecule has 196 valence electrons. The summed E-state index contributed by atoms with van der Waals surface area (Å²) in [4.78, 5) is 57.1. The second-order valence-electron chi connectivity index (χ2n) is 10.4. The average molecular weight is 516 g/mol. The number of nitrogens with one attached hydrogen (secondary N) is 1. The van der Waals surface area contributed by atoms with Gasteiger partial charge in [-0.15, -0.1) is 0 Å². The van der Waals surface area contributed by atoms with Crippen LogP contribution < -0.4 is 11.2 Å². The lowest BCUT2D eigenvalue weighted by atomic mass is 9.82. The summed E-state index contributed by atoms with van der Waals surface area (Å²) in [5.74, 6) is -3.38. The number of amides is 3. The molecule has 4 unspecified atom stereocenters. The number of benzene rings is 2. The molecule has 0 aromatic heterocycles. The second-order valence-corrected chi connectivity index (χ2v) is 10.4. The van der Waals surface area contributed by atoms with Crippen molar-refractivity contribution >= 4 is 23.9 Å². The first-order valence-electron chi connectivity index (χ1n) is 13.0. The van der Waals surface area contributed by atoms with E-state index in [2.05, 4.69) is 17.6 Å². The molecule has 3 aliphatic carbocycles. The lowest BCUT2D eigenvalue weighted by molar-refractivity contribution is -0.164. The van der Waals surface area contributed by atoms with Gasteiger partial charge in [0.1, 0.15) is 12.6 Å². The topological polar surface area (TPSA) is 128 Å². The van der Waals surface area contributed by atoms with Gasteiger partial charge in [-0.25, -0.2) is 9.59 Å². The van der Waals surface area contributed by atoms with E-state index >= 15 is 0 Å². The van der Waals surface area contributed by atoms with Gasteiger partial charge in [0.15, 0.2) is 0 Å². The molecule has 1 saturated heterocycles. The molecule has 38 heavy (non-hydrogen) atoms. The smallest absolute Gasteiger partial charge is 0.410 e. The monoisotopic (exact) mass is 515 g/mol. The van der Waals surface area contributed by atoms with Gasteiger partial charge in [0.2, 0.25) is 5.91 Å². The van der Waals surface area contributed by atoms with Crippen LogP contribution in [0.4, 0.5) is 4.79 Å².